The van der Waals surface area contributed by atoms with E-state index in [-0.39, 0.29) is 29.0 Å². The van der Waals surface area contributed by atoms with E-state index < -0.39 is 11.6 Å². The lowest BCUT2D eigenvalue weighted by Crippen LogP contribution is -2.32. The first-order valence-corrected chi connectivity index (χ1v) is 11.0. The molecule has 2 aliphatic heterocycles. The van der Waals surface area contributed by atoms with Crippen LogP contribution in [-0.4, -0.2) is 40.3 Å². The molecule has 2 aliphatic rings. The van der Waals surface area contributed by atoms with Gasteiger partial charge in [-0.2, -0.15) is 0 Å². The van der Waals surface area contributed by atoms with Crippen molar-refractivity contribution in [3.63, 3.8) is 0 Å². The highest BCUT2D eigenvalue weighted by Crippen LogP contribution is 2.36. The summed E-state index contributed by atoms with van der Waals surface area (Å²) in [5, 5.41) is 0. The first kappa shape index (κ1) is 21.2. The Morgan fingerprint density at radius 2 is 1.94 bits per heavy atom. The van der Waals surface area contributed by atoms with Crippen LogP contribution in [0.1, 0.15) is 42.1 Å². The van der Waals surface area contributed by atoms with Crippen molar-refractivity contribution in [2.75, 3.05) is 19.8 Å². The zero-order valence-corrected chi connectivity index (χ0v) is 18.1. The van der Waals surface area contributed by atoms with Crippen LogP contribution in [0.25, 0.3) is 17.0 Å². The van der Waals surface area contributed by atoms with Gasteiger partial charge in [0.2, 0.25) is 0 Å². The van der Waals surface area contributed by atoms with Gasteiger partial charge in [-0.15, -0.1) is 0 Å². The van der Waals surface area contributed by atoms with E-state index in [0.717, 1.165) is 37.6 Å². The Morgan fingerprint density at radius 3 is 2.69 bits per heavy atom. The molecule has 0 N–H and O–H groups in total. The molecule has 4 heterocycles. The number of fused-ring (bicyclic) bond motifs is 1. The van der Waals surface area contributed by atoms with E-state index in [2.05, 4.69) is 4.98 Å². The minimum atomic E-state index is -0.769. The van der Waals surface area contributed by atoms with Crippen LogP contribution in [0.3, 0.4) is 0 Å². The number of hydrogen-bond acceptors (Lipinski definition) is 5. The Morgan fingerprint density at radius 1 is 1.09 bits per heavy atom. The smallest absolute Gasteiger partial charge is 0.262 e. The number of aromatic nitrogens is 3. The van der Waals surface area contributed by atoms with Gasteiger partial charge in [-0.25, -0.2) is 23.1 Å². The number of benzene rings is 1. The zero-order valence-electron chi connectivity index (χ0n) is 18.1. The Kier molecular flexibility index (Phi) is 5.51. The number of rotatable bonds is 3. The average molecular weight is 441 g/mol. The maximum Gasteiger partial charge on any atom is 0.262 e. The molecule has 6 nitrogen and oxygen atoms in total. The molecule has 0 bridgehead atoms. The first-order chi connectivity index (χ1) is 15.4. The lowest BCUT2D eigenvalue weighted by atomic mass is 9.86. The second kappa shape index (κ2) is 8.33. The molecule has 5 rings (SSSR count). The minimum absolute atomic E-state index is 0.0678. The van der Waals surface area contributed by atoms with E-state index >= 15 is 0 Å². The first-order valence-electron chi connectivity index (χ1n) is 11.0. The van der Waals surface area contributed by atoms with Gasteiger partial charge < -0.3 is 9.47 Å². The SMILES string of the molecule is Cc1nc2cc(C3CCOC(C4CCOC4)C3)nc(-c3ccc(F)cc3F)n2c(=O)c1C. The van der Waals surface area contributed by atoms with Crippen molar-refractivity contribution in [3.8, 4) is 11.4 Å². The number of nitrogens with zero attached hydrogens (tertiary/aromatic N) is 3. The van der Waals surface area contributed by atoms with Crippen molar-refractivity contribution in [1.29, 1.82) is 0 Å². The Balaban J connectivity index is 1.66. The van der Waals surface area contributed by atoms with Crippen LogP contribution in [0.15, 0.2) is 29.1 Å². The van der Waals surface area contributed by atoms with Gasteiger partial charge in [0.15, 0.2) is 5.82 Å². The monoisotopic (exact) mass is 441 g/mol. The molecule has 0 aliphatic carbocycles. The quantitative estimate of drug-likeness (QED) is 0.616. The summed E-state index contributed by atoms with van der Waals surface area (Å²) in [7, 11) is 0. The Hall–Kier alpha value is -2.71. The molecule has 8 heteroatoms. The lowest BCUT2D eigenvalue weighted by molar-refractivity contribution is -0.0310. The van der Waals surface area contributed by atoms with Crippen molar-refractivity contribution in [1.82, 2.24) is 14.4 Å². The summed E-state index contributed by atoms with van der Waals surface area (Å²) < 4.78 is 41.2. The average Bonchev–Trinajstić information content (AvgIpc) is 3.32. The highest BCUT2D eigenvalue weighted by Gasteiger charge is 2.33. The molecule has 0 radical (unpaired) electrons. The third-order valence-corrected chi connectivity index (χ3v) is 6.70. The fourth-order valence-electron chi connectivity index (χ4n) is 4.70. The largest absolute Gasteiger partial charge is 0.381 e. The molecule has 3 unspecified atom stereocenters. The van der Waals surface area contributed by atoms with Crippen molar-refractivity contribution >= 4 is 5.65 Å². The van der Waals surface area contributed by atoms with Crippen molar-refractivity contribution < 1.29 is 18.3 Å². The summed E-state index contributed by atoms with van der Waals surface area (Å²) in [4.78, 5) is 22.4. The van der Waals surface area contributed by atoms with Crippen molar-refractivity contribution in [2.24, 2.45) is 5.92 Å². The Bertz CT molecular complexity index is 1240. The zero-order chi connectivity index (χ0) is 22.4. The van der Waals surface area contributed by atoms with Gasteiger partial charge in [-0.3, -0.25) is 4.79 Å². The van der Waals surface area contributed by atoms with Crippen LogP contribution in [0.5, 0.6) is 0 Å². The molecule has 0 saturated carbocycles. The van der Waals surface area contributed by atoms with Gasteiger partial charge in [-0.05, 0) is 45.2 Å². The second-order valence-corrected chi connectivity index (χ2v) is 8.70. The Labute approximate surface area is 184 Å². The summed E-state index contributed by atoms with van der Waals surface area (Å²) in [6.45, 7) is 5.51. The van der Waals surface area contributed by atoms with E-state index in [9.17, 15) is 13.6 Å². The van der Waals surface area contributed by atoms with E-state index in [1.165, 1.54) is 16.5 Å². The van der Waals surface area contributed by atoms with Gasteiger partial charge in [0.25, 0.3) is 5.56 Å². The fourth-order valence-corrected chi connectivity index (χ4v) is 4.70. The molecule has 1 aromatic carbocycles. The highest BCUT2D eigenvalue weighted by atomic mass is 19.1. The molecule has 2 fully saturated rings. The summed E-state index contributed by atoms with van der Waals surface area (Å²) in [6.07, 6.45) is 2.60. The van der Waals surface area contributed by atoms with Crippen LogP contribution in [-0.2, 0) is 9.47 Å². The van der Waals surface area contributed by atoms with E-state index in [0.29, 0.717) is 36.0 Å². The maximum absolute atomic E-state index is 14.8. The standard InChI is InChI=1S/C24H25F2N3O3/c1-13-14(2)27-22-11-20(15-6-8-32-21(9-15)16-5-7-31-12-16)28-23(29(22)24(13)30)18-4-3-17(25)10-19(18)26/h3-4,10-11,15-16,21H,5-9,12H2,1-2H3. The van der Waals surface area contributed by atoms with Gasteiger partial charge in [0.05, 0.1) is 18.3 Å². The molecule has 168 valence electrons. The molecule has 3 aromatic rings. The predicted octanol–water partition coefficient (Wildman–Crippen LogP) is 3.95. The summed E-state index contributed by atoms with van der Waals surface area (Å²) >= 11 is 0. The van der Waals surface area contributed by atoms with Crippen LogP contribution < -0.4 is 5.56 Å². The van der Waals surface area contributed by atoms with Crippen molar-refractivity contribution in [2.45, 2.75) is 45.1 Å². The molecule has 2 saturated heterocycles. The van der Waals surface area contributed by atoms with E-state index in [4.69, 9.17) is 14.5 Å². The maximum atomic E-state index is 14.8. The molecule has 2 aromatic heterocycles. The van der Waals surface area contributed by atoms with Gasteiger partial charge >= 0.3 is 0 Å². The summed E-state index contributed by atoms with van der Waals surface area (Å²) in [5.41, 5.74) is 2.00. The second-order valence-electron chi connectivity index (χ2n) is 8.70. The molecule has 32 heavy (non-hydrogen) atoms. The van der Waals surface area contributed by atoms with Crippen LogP contribution in [0.4, 0.5) is 8.78 Å². The molecular weight excluding hydrogens is 416 g/mol. The number of hydrogen-bond donors (Lipinski definition) is 0. The number of aryl methyl sites for hydroxylation is 1. The van der Waals surface area contributed by atoms with Gasteiger partial charge in [-0.1, -0.05) is 0 Å². The number of halogens is 2. The third-order valence-electron chi connectivity index (χ3n) is 6.70. The van der Waals surface area contributed by atoms with Crippen LogP contribution in [0.2, 0.25) is 0 Å². The van der Waals surface area contributed by atoms with Gasteiger partial charge in [0.1, 0.15) is 17.3 Å². The summed E-state index contributed by atoms with van der Waals surface area (Å²) in [6, 6.07) is 5.11. The van der Waals surface area contributed by atoms with Crippen LogP contribution >= 0.6 is 0 Å². The van der Waals surface area contributed by atoms with E-state index in [1.54, 1.807) is 13.8 Å². The third kappa shape index (κ3) is 3.71. The van der Waals surface area contributed by atoms with Crippen LogP contribution in [0, 0.1) is 31.4 Å². The van der Waals surface area contributed by atoms with Crippen molar-refractivity contribution in [3.05, 3.63) is 63.2 Å². The predicted molar refractivity (Wildman–Crippen MR) is 115 cm³/mol. The number of ether oxygens (including phenoxy) is 2. The van der Waals surface area contributed by atoms with Gasteiger partial charge in [0, 0.05) is 54.1 Å². The molecular formula is C24H25F2N3O3. The highest BCUT2D eigenvalue weighted by molar-refractivity contribution is 5.61. The lowest BCUT2D eigenvalue weighted by Gasteiger charge is -2.32. The summed E-state index contributed by atoms with van der Waals surface area (Å²) in [5.74, 6) is -0.870. The molecule has 0 spiro atoms. The topological polar surface area (TPSA) is 65.7 Å². The molecule has 0 amide bonds. The minimum Gasteiger partial charge on any atom is -0.381 e. The normalized spacial score (nSPS) is 23.7. The molecule has 3 atom stereocenters. The van der Waals surface area contributed by atoms with E-state index in [1.807, 2.05) is 6.07 Å². The fraction of sp³-hybridized carbons (Fsp3) is 0.458.